The van der Waals surface area contributed by atoms with E-state index in [4.69, 9.17) is 16.7 Å². The summed E-state index contributed by atoms with van der Waals surface area (Å²) in [5.74, 6) is 4.14. The molecule has 0 radical (unpaired) electrons. The molecule has 2 N–H and O–H groups in total. The van der Waals surface area contributed by atoms with Crippen molar-refractivity contribution in [3.63, 3.8) is 0 Å². The van der Waals surface area contributed by atoms with Gasteiger partial charge >= 0.3 is 5.97 Å². The number of benzene rings is 1. The van der Waals surface area contributed by atoms with Crippen LogP contribution in [0, 0.1) is 11.8 Å². The van der Waals surface area contributed by atoms with Crippen LogP contribution in [0.1, 0.15) is 23.7 Å². The van der Waals surface area contributed by atoms with Crippen molar-refractivity contribution in [1.82, 2.24) is 4.72 Å². The van der Waals surface area contributed by atoms with Crippen LogP contribution in [0.4, 0.5) is 0 Å². The van der Waals surface area contributed by atoms with Gasteiger partial charge < -0.3 is 5.11 Å². The number of nitrogens with one attached hydrogen (secondary N) is 1. The van der Waals surface area contributed by atoms with Crippen LogP contribution < -0.4 is 4.72 Å². The Morgan fingerprint density at radius 1 is 1.47 bits per heavy atom. The number of carboxylic acids is 1. The minimum atomic E-state index is -3.84. The highest BCUT2D eigenvalue weighted by atomic mass is 35.5. The lowest BCUT2D eigenvalue weighted by Gasteiger charge is -2.08. The fraction of sp³-hybridized carbons (Fsp3) is 0.250. The lowest BCUT2D eigenvalue weighted by Crippen LogP contribution is -2.25. The van der Waals surface area contributed by atoms with E-state index >= 15 is 0 Å². The molecule has 0 atom stereocenters. The molecule has 7 heteroatoms. The Hall–Kier alpha value is -1.55. The largest absolute Gasteiger partial charge is 0.478 e. The second-order valence-corrected chi connectivity index (χ2v) is 5.67. The molecule has 0 aliphatic rings. The lowest BCUT2D eigenvalue weighted by atomic mass is 10.2. The fourth-order valence-electron chi connectivity index (χ4n) is 1.29. The maximum absolute atomic E-state index is 12.0. The predicted octanol–water partition coefficient (Wildman–Crippen LogP) is 1.73. The van der Waals surface area contributed by atoms with Crippen molar-refractivity contribution in [2.75, 3.05) is 6.54 Å². The summed E-state index contributed by atoms with van der Waals surface area (Å²) in [4.78, 5) is 10.6. The molecule has 0 spiro atoms. The number of carbonyl (C=O) groups is 1. The first-order valence-corrected chi connectivity index (χ1v) is 7.16. The molecule has 0 saturated heterocycles. The van der Waals surface area contributed by atoms with Crippen LogP contribution in [0.15, 0.2) is 23.1 Å². The van der Waals surface area contributed by atoms with E-state index in [9.17, 15) is 13.2 Å². The average Bonchev–Trinajstić information content (AvgIpc) is 2.34. The average molecular weight is 302 g/mol. The number of halogens is 1. The van der Waals surface area contributed by atoms with Gasteiger partial charge in [0.05, 0.1) is 10.6 Å². The molecular formula is C12H12ClNO4S. The Bertz CT molecular complexity index is 643. The summed E-state index contributed by atoms with van der Waals surface area (Å²) in [5.41, 5.74) is -0.141. The fourth-order valence-corrected chi connectivity index (χ4v) is 2.85. The van der Waals surface area contributed by atoms with E-state index in [1.165, 1.54) is 12.1 Å². The van der Waals surface area contributed by atoms with E-state index in [1.54, 1.807) is 6.92 Å². The normalized spacial score (nSPS) is 10.6. The van der Waals surface area contributed by atoms with Crippen molar-refractivity contribution in [3.8, 4) is 11.8 Å². The van der Waals surface area contributed by atoms with Gasteiger partial charge in [-0.2, -0.15) is 0 Å². The third-order valence-electron chi connectivity index (χ3n) is 2.19. The number of rotatable bonds is 5. The van der Waals surface area contributed by atoms with Gasteiger partial charge in [0.1, 0.15) is 4.90 Å². The predicted molar refractivity (Wildman–Crippen MR) is 71.7 cm³/mol. The highest BCUT2D eigenvalue weighted by molar-refractivity contribution is 7.89. The van der Waals surface area contributed by atoms with Gasteiger partial charge in [0.2, 0.25) is 10.0 Å². The van der Waals surface area contributed by atoms with E-state index in [-0.39, 0.29) is 22.0 Å². The van der Waals surface area contributed by atoms with Gasteiger partial charge in [-0.25, -0.2) is 17.9 Å². The number of hydrogen-bond donors (Lipinski definition) is 2. The molecule has 0 aliphatic heterocycles. The van der Waals surface area contributed by atoms with E-state index in [0.717, 1.165) is 6.07 Å². The van der Waals surface area contributed by atoms with Crippen molar-refractivity contribution in [1.29, 1.82) is 0 Å². The minimum absolute atomic E-state index is 0.0286. The third-order valence-corrected chi connectivity index (χ3v) is 4.13. The Labute approximate surface area is 116 Å². The van der Waals surface area contributed by atoms with Crippen LogP contribution in [-0.4, -0.2) is 26.0 Å². The minimum Gasteiger partial charge on any atom is -0.478 e. The SMILES string of the molecule is CC#CCCNS(=O)(=O)c1cc(C(=O)O)ccc1Cl. The van der Waals surface area contributed by atoms with Crippen molar-refractivity contribution in [2.45, 2.75) is 18.2 Å². The Kier molecular flexibility index (Phi) is 5.36. The number of hydrogen-bond acceptors (Lipinski definition) is 3. The summed E-state index contributed by atoms with van der Waals surface area (Å²) < 4.78 is 26.2. The van der Waals surface area contributed by atoms with Crippen LogP contribution in [-0.2, 0) is 10.0 Å². The van der Waals surface area contributed by atoms with Gasteiger partial charge in [0, 0.05) is 13.0 Å². The second kappa shape index (κ2) is 6.57. The monoisotopic (exact) mass is 301 g/mol. The molecule has 0 bridgehead atoms. The molecule has 0 fully saturated rings. The van der Waals surface area contributed by atoms with Crippen molar-refractivity contribution in [2.24, 2.45) is 0 Å². The first-order chi connectivity index (χ1) is 8.88. The number of carboxylic acid groups (broad SMARTS) is 1. The van der Waals surface area contributed by atoms with Crippen molar-refractivity contribution in [3.05, 3.63) is 28.8 Å². The maximum Gasteiger partial charge on any atom is 0.335 e. The molecule has 19 heavy (non-hydrogen) atoms. The van der Waals surface area contributed by atoms with Gasteiger partial charge in [-0.15, -0.1) is 11.8 Å². The molecule has 0 aliphatic carbocycles. The summed E-state index contributed by atoms with van der Waals surface area (Å²) in [6.07, 6.45) is 0.367. The van der Waals surface area contributed by atoms with Gasteiger partial charge in [0.15, 0.2) is 0 Å². The zero-order valence-corrected chi connectivity index (χ0v) is 11.7. The highest BCUT2D eigenvalue weighted by Crippen LogP contribution is 2.22. The Balaban J connectivity index is 3.02. The Morgan fingerprint density at radius 2 is 2.16 bits per heavy atom. The molecular weight excluding hydrogens is 290 g/mol. The van der Waals surface area contributed by atoms with Crippen LogP contribution in [0.2, 0.25) is 5.02 Å². The second-order valence-electron chi connectivity index (χ2n) is 3.52. The summed E-state index contributed by atoms with van der Waals surface area (Å²) in [7, 11) is -3.84. The molecule has 0 aromatic heterocycles. The molecule has 1 aromatic carbocycles. The number of sulfonamides is 1. The van der Waals surface area contributed by atoms with Crippen LogP contribution in [0.25, 0.3) is 0 Å². The number of aromatic carboxylic acids is 1. The lowest BCUT2D eigenvalue weighted by molar-refractivity contribution is 0.0696. The van der Waals surface area contributed by atoms with Crippen LogP contribution in [0.3, 0.4) is 0 Å². The van der Waals surface area contributed by atoms with Gasteiger partial charge in [-0.1, -0.05) is 11.6 Å². The summed E-state index contributed by atoms with van der Waals surface area (Å²) >= 11 is 5.79. The van der Waals surface area contributed by atoms with E-state index in [1.807, 2.05) is 0 Å². The first kappa shape index (κ1) is 15.5. The maximum atomic E-state index is 12.0. The van der Waals surface area contributed by atoms with Gasteiger partial charge in [-0.3, -0.25) is 0 Å². The third kappa shape index (κ3) is 4.24. The van der Waals surface area contributed by atoms with Crippen LogP contribution >= 0.6 is 11.6 Å². The van der Waals surface area contributed by atoms with Crippen molar-refractivity contribution >= 4 is 27.6 Å². The summed E-state index contributed by atoms with van der Waals surface area (Å²) in [6, 6.07) is 3.51. The van der Waals surface area contributed by atoms with E-state index in [2.05, 4.69) is 16.6 Å². The molecule has 1 rings (SSSR count). The van der Waals surface area contributed by atoms with Gasteiger partial charge in [0.25, 0.3) is 0 Å². The first-order valence-electron chi connectivity index (χ1n) is 5.30. The molecule has 1 aromatic rings. The molecule has 0 saturated carbocycles. The van der Waals surface area contributed by atoms with Gasteiger partial charge in [-0.05, 0) is 25.1 Å². The smallest absolute Gasteiger partial charge is 0.335 e. The molecule has 102 valence electrons. The summed E-state index contributed by atoms with van der Waals surface area (Å²) in [5, 5.41) is 8.81. The highest BCUT2D eigenvalue weighted by Gasteiger charge is 2.19. The Morgan fingerprint density at radius 3 is 2.74 bits per heavy atom. The molecule has 0 unspecified atom stereocenters. The molecule has 0 amide bonds. The van der Waals surface area contributed by atoms with E-state index < -0.39 is 16.0 Å². The zero-order valence-electron chi connectivity index (χ0n) is 10.1. The quantitative estimate of drug-likeness (QED) is 0.641. The summed E-state index contributed by atoms with van der Waals surface area (Å²) in [6.45, 7) is 1.79. The van der Waals surface area contributed by atoms with Crippen LogP contribution in [0.5, 0.6) is 0 Å². The molecule has 5 nitrogen and oxygen atoms in total. The van der Waals surface area contributed by atoms with E-state index in [0.29, 0.717) is 6.42 Å². The molecule has 0 heterocycles. The zero-order chi connectivity index (χ0) is 14.5. The standard InChI is InChI=1S/C12H12ClNO4S/c1-2-3-4-7-14-19(17,18)11-8-9(12(15)16)5-6-10(11)13/h5-6,8,14H,4,7H2,1H3,(H,15,16). The topological polar surface area (TPSA) is 83.5 Å². The van der Waals surface area contributed by atoms with Crippen molar-refractivity contribution < 1.29 is 18.3 Å².